The number of rotatable bonds is 6. The van der Waals surface area contributed by atoms with Crippen LogP contribution in [0.2, 0.25) is 0 Å². The molecule has 5 heteroatoms. The molecule has 21 heavy (non-hydrogen) atoms. The zero-order valence-corrected chi connectivity index (χ0v) is 12.9. The number of aliphatic hydroxyl groups excluding tert-OH is 1. The van der Waals surface area contributed by atoms with Gasteiger partial charge >= 0.3 is 0 Å². The van der Waals surface area contributed by atoms with Crippen LogP contribution in [0, 0.1) is 12.3 Å². The highest BCUT2D eigenvalue weighted by Gasteiger charge is 2.37. The van der Waals surface area contributed by atoms with E-state index in [2.05, 4.69) is 46.9 Å². The molecule has 0 aliphatic carbocycles. The molecule has 1 saturated heterocycles. The molecule has 0 unspecified atom stereocenters. The molecule has 1 aliphatic heterocycles. The summed E-state index contributed by atoms with van der Waals surface area (Å²) >= 11 is 1.67. The van der Waals surface area contributed by atoms with E-state index in [0.29, 0.717) is 13.2 Å². The Morgan fingerprint density at radius 1 is 1.33 bits per heavy atom. The molecule has 1 aliphatic rings. The van der Waals surface area contributed by atoms with Crippen LogP contribution in [-0.2, 0) is 11.3 Å². The van der Waals surface area contributed by atoms with Gasteiger partial charge in [0.05, 0.1) is 30.9 Å². The highest BCUT2D eigenvalue weighted by Crippen LogP contribution is 2.26. The first kappa shape index (κ1) is 14.7. The largest absolute Gasteiger partial charge is 0.396 e. The molecule has 0 atom stereocenters. The first-order valence-corrected chi connectivity index (χ1v) is 8.00. The van der Waals surface area contributed by atoms with E-state index in [1.807, 2.05) is 0 Å². The van der Waals surface area contributed by atoms with Crippen LogP contribution in [0.1, 0.15) is 11.3 Å². The van der Waals surface area contributed by atoms with Crippen molar-refractivity contribution in [3.05, 3.63) is 40.9 Å². The Kier molecular flexibility index (Phi) is 4.35. The van der Waals surface area contributed by atoms with Gasteiger partial charge < -0.3 is 15.2 Å². The Bertz CT molecular complexity index is 585. The highest BCUT2D eigenvalue weighted by atomic mass is 32.1. The van der Waals surface area contributed by atoms with Crippen LogP contribution in [0.15, 0.2) is 29.6 Å². The molecule has 2 N–H and O–H groups in total. The lowest BCUT2D eigenvalue weighted by atomic mass is 9.87. The van der Waals surface area contributed by atoms with E-state index >= 15 is 0 Å². The summed E-state index contributed by atoms with van der Waals surface area (Å²) in [6.45, 7) is 5.03. The summed E-state index contributed by atoms with van der Waals surface area (Å²) in [5.74, 6) is 0. The van der Waals surface area contributed by atoms with Gasteiger partial charge in [-0.3, -0.25) is 0 Å². The maximum absolute atomic E-state index is 9.38. The summed E-state index contributed by atoms with van der Waals surface area (Å²) in [5, 5.41) is 15.9. The molecule has 3 rings (SSSR count). The van der Waals surface area contributed by atoms with Gasteiger partial charge in [-0.2, -0.15) is 0 Å². The third kappa shape index (κ3) is 3.32. The summed E-state index contributed by atoms with van der Waals surface area (Å²) in [6, 6.07) is 8.43. The fourth-order valence-corrected chi connectivity index (χ4v) is 3.14. The van der Waals surface area contributed by atoms with E-state index in [1.54, 1.807) is 11.3 Å². The lowest BCUT2D eigenvalue weighted by Crippen LogP contribution is -2.52. The van der Waals surface area contributed by atoms with E-state index in [9.17, 15) is 5.11 Å². The maximum Gasteiger partial charge on any atom is 0.123 e. The number of aryl methyl sites for hydroxylation is 1. The molecular weight excluding hydrogens is 284 g/mol. The molecule has 1 fully saturated rings. The second-order valence-corrected chi connectivity index (χ2v) is 6.62. The van der Waals surface area contributed by atoms with Gasteiger partial charge in [-0.15, -0.1) is 11.3 Å². The summed E-state index contributed by atoms with van der Waals surface area (Å²) < 4.78 is 5.19. The number of ether oxygens (including phenoxy) is 1. The standard InChI is InChI=1S/C16H20N2O2S/c1-12-2-4-13(5-3-12)15-18-14(7-21-15)6-17-8-16(9-19)10-20-11-16/h2-5,7,17,19H,6,8-11H2,1H3. The molecular formula is C16H20N2O2S. The second kappa shape index (κ2) is 6.23. The molecule has 4 nitrogen and oxygen atoms in total. The number of benzene rings is 1. The normalized spacial score (nSPS) is 16.7. The zero-order valence-electron chi connectivity index (χ0n) is 12.1. The third-order valence-corrected chi connectivity index (χ3v) is 4.75. The predicted octanol–water partition coefficient (Wildman–Crippen LogP) is 2.22. The number of hydrogen-bond donors (Lipinski definition) is 2. The molecule has 2 aromatic rings. The monoisotopic (exact) mass is 304 g/mol. The molecule has 1 aromatic heterocycles. The lowest BCUT2D eigenvalue weighted by molar-refractivity contribution is -0.134. The number of thiazole rings is 1. The van der Waals surface area contributed by atoms with Gasteiger partial charge in [0.1, 0.15) is 5.01 Å². The molecule has 0 bridgehead atoms. The van der Waals surface area contributed by atoms with Crippen molar-refractivity contribution in [3.8, 4) is 10.6 Å². The predicted molar refractivity (Wildman–Crippen MR) is 84.3 cm³/mol. The van der Waals surface area contributed by atoms with Gasteiger partial charge in [-0.1, -0.05) is 29.8 Å². The van der Waals surface area contributed by atoms with Crippen LogP contribution in [0.4, 0.5) is 0 Å². The van der Waals surface area contributed by atoms with Gasteiger partial charge in [0.15, 0.2) is 0 Å². The van der Waals surface area contributed by atoms with Gasteiger partial charge in [0.25, 0.3) is 0 Å². The van der Waals surface area contributed by atoms with E-state index in [-0.39, 0.29) is 12.0 Å². The van der Waals surface area contributed by atoms with E-state index in [4.69, 9.17) is 4.74 Å². The van der Waals surface area contributed by atoms with Crippen molar-refractivity contribution in [3.63, 3.8) is 0 Å². The number of aliphatic hydroxyl groups is 1. The first-order valence-electron chi connectivity index (χ1n) is 7.12. The Morgan fingerprint density at radius 3 is 2.71 bits per heavy atom. The summed E-state index contributed by atoms with van der Waals surface area (Å²) in [4.78, 5) is 4.66. The fourth-order valence-electron chi connectivity index (χ4n) is 2.31. The van der Waals surface area contributed by atoms with Crippen molar-refractivity contribution in [1.29, 1.82) is 0 Å². The molecule has 0 spiro atoms. The van der Waals surface area contributed by atoms with Gasteiger partial charge in [0, 0.05) is 24.0 Å². The van der Waals surface area contributed by atoms with Crippen LogP contribution in [0.5, 0.6) is 0 Å². The highest BCUT2D eigenvalue weighted by molar-refractivity contribution is 7.13. The Balaban J connectivity index is 1.56. The van der Waals surface area contributed by atoms with Gasteiger partial charge in [-0.05, 0) is 6.92 Å². The van der Waals surface area contributed by atoms with Crippen molar-refractivity contribution < 1.29 is 9.84 Å². The summed E-state index contributed by atoms with van der Waals surface area (Å²) in [6.07, 6.45) is 0. The third-order valence-electron chi connectivity index (χ3n) is 3.81. The average Bonchev–Trinajstić information content (AvgIpc) is 2.91. The minimum Gasteiger partial charge on any atom is -0.396 e. The van der Waals surface area contributed by atoms with Crippen LogP contribution >= 0.6 is 11.3 Å². The molecule has 112 valence electrons. The van der Waals surface area contributed by atoms with Crippen LogP contribution in [-0.4, -0.2) is 36.5 Å². The SMILES string of the molecule is Cc1ccc(-c2nc(CNCC3(CO)COC3)cs2)cc1. The molecule has 0 amide bonds. The Morgan fingerprint density at radius 2 is 2.10 bits per heavy atom. The van der Waals surface area contributed by atoms with Gasteiger partial charge in [0.2, 0.25) is 0 Å². The molecule has 0 radical (unpaired) electrons. The van der Waals surface area contributed by atoms with E-state index < -0.39 is 0 Å². The lowest BCUT2D eigenvalue weighted by Gasteiger charge is -2.39. The second-order valence-electron chi connectivity index (χ2n) is 5.76. The number of hydrogen-bond acceptors (Lipinski definition) is 5. The maximum atomic E-state index is 9.38. The van der Waals surface area contributed by atoms with Crippen molar-refractivity contribution >= 4 is 11.3 Å². The van der Waals surface area contributed by atoms with Crippen LogP contribution < -0.4 is 5.32 Å². The number of nitrogens with zero attached hydrogens (tertiary/aromatic N) is 1. The zero-order chi connectivity index (χ0) is 14.7. The Hall–Kier alpha value is -1.27. The van der Waals surface area contributed by atoms with E-state index in [0.717, 1.165) is 29.4 Å². The van der Waals surface area contributed by atoms with Crippen LogP contribution in [0.25, 0.3) is 10.6 Å². The summed E-state index contributed by atoms with van der Waals surface area (Å²) in [5.41, 5.74) is 3.38. The molecule has 1 aromatic carbocycles. The van der Waals surface area contributed by atoms with Gasteiger partial charge in [-0.25, -0.2) is 4.98 Å². The molecule has 2 heterocycles. The van der Waals surface area contributed by atoms with Crippen molar-refractivity contribution in [2.45, 2.75) is 13.5 Å². The Labute approximate surface area is 128 Å². The minimum absolute atomic E-state index is 0.0875. The fraction of sp³-hybridized carbons (Fsp3) is 0.438. The van der Waals surface area contributed by atoms with Crippen molar-refractivity contribution in [2.75, 3.05) is 26.4 Å². The minimum atomic E-state index is -0.0875. The molecule has 0 saturated carbocycles. The van der Waals surface area contributed by atoms with Crippen LogP contribution in [0.3, 0.4) is 0 Å². The number of aromatic nitrogens is 1. The van der Waals surface area contributed by atoms with Crippen molar-refractivity contribution in [2.24, 2.45) is 5.41 Å². The first-order chi connectivity index (χ1) is 10.2. The smallest absolute Gasteiger partial charge is 0.123 e. The average molecular weight is 304 g/mol. The summed E-state index contributed by atoms with van der Waals surface area (Å²) in [7, 11) is 0. The van der Waals surface area contributed by atoms with E-state index in [1.165, 1.54) is 5.56 Å². The number of nitrogens with one attached hydrogen (secondary N) is 1. The van der Waals surface area contributed by atoms with Crippen molar-refractivity contribution in [1.82, 2.24) is 10.3 Å². The quantitative estimate of drug-likeness (QED) is 0.859. The topological polar surface area (TPSA) is 54.4 Å².